The summed E-state index contributed by atoms with van der Waals surface area (Å²) in [5.74, 6) is -0.594. The zero-order chi connectivity index (χ0) is 27.4. The summed E-state index contributed by atoms with van der Waals surface area (Å²) in [6.07, 6.45) is 6.13. The molecule has 1 fully saturated rings. The standard InChI is InChI=1S/C31H42NSi/c1-22-18-23(2)27(19-26(22)24-12-10-9-11-13-24)29-20-28(25-14-16-31(3,4)17-15-25)30(21-32(29)5)33(6,7)8/h9-13,18-21,25H,14-17H2,1-8H3/q+1/i1D3,25D. The maximum absolute atomic E-state index is 9.67. The van der Waals surface area contributed by atoms with Crippen LogP contribution in [0.15, 0.2) is 54.7 Å². The summed E-state index contributed by atoms with van der Waals surface area (Å²) in [5.41, 5.74) is 6.51. The van der Waals surface area contributed by atoms with Crippen LogP contribution in [0.1, 0.15) is 67.6 Å². The summed E-state index contributed by atoms with van der Waals surface area (Å²) in [4.78, 5) is 0. The van der Waals surface area contributed by atoms with Gasteiger partial charge in [-0.05, 0) is 84.7 Å². The average molecular weight is 461 g/mol. The number of rotatable bonds is 4. The molecule has 3 aromatic rings. The van der Waals surface area contributed by atoms with E-state index in [2.05, 4.69) is 63.4 Å². The van der Waals surface area contributed by atoms with E-state index in [-0.39, 0.29) is 0 Å². The first-order valence-corrected chi connectivity index (χ1v) is 15.8. The lowest BCUT2D eigenvalue weighted by molar-refractivity contribution is -0.659. The van der Waals surface area contributed by atoms with Crippen LogP contribution in [0.4, 0.5) is 0 Å². The Kier molecular flexibility index (Phi) is 5.15. The molecule has 2 aromatic carbocycles. The van der Waals surface area contributed by atoms with Gasteiger partial charge < -0.3 is 0 Å². The van der Waals surface area contributed by atoms with Crippen LogP contribution in [-0.2, 0) is 7.05 Å². The van der Waals surface area contributed by atoms with Gasteiger partial charge in [-0.15, -0.1) is 0 Å². The zero-order valence-electron chi connectivity index (χ0n) is 25.5. The number of hydrogen-bond donors (Lipinski definition) is 0. The van der Waals surface area contributed by atoms with Gasteiger partial charge in [0.2, 0.25) is 5.69 Å². The molecule has 1 saturated carbocycles. The van der Waals surface area contributed by atoms with E-state index in [0.29, 0.717) is 11.0 Å². The van der Waals surface area contributed by atoms with Crippen molar-refractivity contribution in [2.24, 2.45) is 12.5 Å². The minimum atomic E-state index is -2.20. The first-order chi connectivity index (χ1) is 17.0. The second kappa shape index (κ2) is 8.87. The Hall–Kier alpha value is -2.19. The monoisotopic (exact) mass is 460 g/mol. The number of benzene rings is 2. The van der Waals surface area contributed by atoms with Crippen molar-refractivity contribution in [1.82, 2.24) is 0 Å². The van der Waals surface area contributed by atoms with Crippen LogP contribution < -0.4 is 9.75 Å². The second-order valence-corrected chi connectivity index (χ2v) is 16.7. The van der Waals surface area contributed by atoms with Crippen LogP contribution in [0.2, 0.25) is 19.6 Å². The largest absolute Gasteiger partial charge is 0.212 e. The molecule has 0 amide bonds. The van der Waals surface area contributed by atoms with E-state index in [4.69, 9.17) is 4.11 Å². The highest BCUT2D eigenvalue weighted by atomic mass is 28.3. The molecular formula is C31H42NSi+. The van der Waals surface area contributed by atoms with Crippen molar-refractivity contribution in [3.05, 3.63) is 71.4 Å². The van der Waals surface area contributed by atoms with E-state index in [1.165, 1.54) is 10.8 Å². The van der Waals surface area contributed by atoms with Crippen LogP contribution in [-0.4, -0.2) is 8.07 Å². The summed E-state index contributed by atoms with van der Waals surface area (Å²) in [6.45, 7) is 11.5. The highest BCUT2D eigenvalue weighted by molar-refractivity contribution is 6.89. The van der Waals surface area contributed by atoms with Crippen molar-refractivity contribution in [2.75, 3.05) is 0 Å². The zero-order valence-corrected chi connectivity index (χ0v) is 22.5. The Balaban J connectivity index is 1.96. The van der Waals surface area contributed by atoms with E-state index >= 15 is 0 Å². The van der Waals surface area contributed by atoms with Gasteiger partial charge in [-0.1, -0.05) is 69.9 Å². The fourth-order valence-corrected chi connectivity index (χ4v) is 6.78. The minimum absolute atomic E-state index is 0.290. The quantitative estimate of drug-likeness (QED) is 0.277. The van der Waals surface area contributed by atoms with Gasteiger partial charge in [0.25, 0.3) is 0 Å². The molecule has 0 atom stereocenters. The molecule has 174 valence electrons. The summed E-state index contributed by atoms with van der Waals surface area (Å²) in [5, 5.41) is 1.36. The maximum Gasteiger partial charge on any atom is 0.212 e. The predicted molar refractivity (Wildman–Crippen MR) is 146 cm³/mol. The van der Waals surface area contributed by atoms with Gasteiger partial charge in [-0.2, -0.15) is 0 Å². The molecule has 0 unspecified atom stereocenters. The third-order valence-corrected chi connectivity index (χ3v) is 9.41. The summed E-state index contributed by atoms with van der Waals surface area (Å²) >= 11 is 0. The molecule has 0 bridgehead atoms. The second-order valence-electron chi connectivity index (χ2n) is 11.7. The van der Waals surface area contributed by atoms with Crippen molar-refractivity contribution in [3.8, 4) is 22.4 Å². The van der Waals surface area contributed by atoms with E-state index in [0.717, 1.165) is 53.6 Å². The van der Waals surface area contributed by atoms with Crippen LogP contribution in [0.3, 0.4) is 0 Å². The Labute approximate surface area is 208 Å². The summed E-state index contributed by atoms with van der Waals surface area (Å²) in [6, 6.07) is 16.0. The number of hydrogen-bond acceptors (Lipinski definition) is 0. The average Bonchev–Trinajstić information content (AvgIpc) is 2.80. The van der Waals surface area contributed by atoms with E-state index < -0.39 is 20.8 Å². The summed E-state index contributed by atoms with van der Waals surface area (Å²) < 4.78 is 36.5. The SMILES string of the molecule is [2H]C([2H])([2H])c1cc(C)c(-c2cc(C3([2H])CCC(C)(C)CC3)c([Si](C)(C)C)c[n+]2C)cc1-c1ccccc1. The molecule has 1 aliphatic rings. The van der Waals surface area contributed by atoms with Gasteiger partial charge in [0.1, 0.15) is 7.05 Å². The third-order valence-electron chi connectivity index (χ3n) is 7.40. The topological polar surface area (TPSA) is 3.88 Å². The number of aryl methyl sites for hydroxylation is 3. The molecule has 0 radical (unpaired) electrons. The van der Waals surface area contributed by atoms with Crippen molar-refractivity contribution in [3.63, 3.8) is 0 Å². The first kappa shape index (κ1) is 19.1. The Morgan fingerprint density at radius 2 is 1.64 bits per heavy atom. The molecular weight excluding hydrogens is 414 g/mol. The molecule has 0 aliphatic heterocycles. The minimum Gasteiger partial charge on any atom is -0.201 e. The van der Waals surface area contributed by atoms with Gasteiger partial charge in [-0.3, -0.25) is 0 Å². The lowest BCUT2D eigenvalue weighted by Crippen LogP contribution is -2.48. The Morgan fingerprint density at radius 3 is 2.24 bits per heavy atom. The van der Waals surface area contributed by atoms with E-state index in [9.17, 15) is 1.37 Å². The maximum atomic E-state index is 9.67. The van der Waals surface area contributed by atoms with Crippen molar-refractivity contribution >= 4 is 13.3 Å². The molecule has 2 heteroatoms. The molecule has 1 heterocycles. The number of nitrogens with zero attached hydrogens (tertiary/aromatic N) is 1. The molecule has 1 aromatic heterocycles. The van der Waals surface area contributed by atoms with Gasteiger partial charge in [0, 0.05) is 22.3 Å². The lowest BCUT2D eigenvalue weighted by atomic mass is 9.71. The smallest absolute Gasteiger partial charge is 0.201 e. The molecule has 0 saturated heterocycles. The number of aromatic nitrogens is 1. The molecule has 1 nitrogen and oxygen atoms in total. The van der Waals surface area contributed by atoms with Crippen molar-refractivity contribution < 1.29 is 10.1 Å². The number of pyridine rings is 1. The highest BCUT2D eigenvalue weighted by Crippen LogP contribution is 2.43. The fraction of sp³-hybridized carbons (Fsp3) is 0.452. The summed E-state index contributed by atoms with van der Waals surface area (Å²) in [7, 11) is 0.360. The van der Waals surface area contributed by atoms with Crippen molar-refractivity contribution in [1.29, 1.82) is 0 Å². The van der Waals surface area contributed by atoms with Gasteiger partial charge in [0.05, 0.1) is 8.07 Å². The van der Waals surface area contributed by atoms with Crippen LogP contribution >= 0.6 is 0 Å². The fourth-order valence-electron chi connectivity index (χ4n) is 5.15. The first-order valence-electron chi connectivity index (χ1n) is 14.3. The lowest BCUT2D eigenvalue weighted by Gasteiger charge is -2.36. The van der Waals surface area contributed by atoms with Crippen molar-refractivity contribution in [2.45, 2.75) is 78.8 Å². The Morgan fingerprint density at radius 1 is 0.970 bits per heavy atom. The van der Waals surface area contributed by atoms with E-state index in [1.54, 1.807) is 0 Å². The Bertz CT molecular complexity index is 1290. The predicted octanol–water partition coefficient (Wildman–Crippen LogP) is 7.69. The molecule has 1 aliphatic carbocycles. The van der Waals surface area contributed by atoms with Gasteiger partial charge in [0.15, 0.2) is 6.20 Å². The van der Waals surface area contributed by atoms with Crippen LogP contribution in [0, 0.1) is 19.2 Å². The van der Waals surface area contributed by atoms with Crippen LogP contribution in [0.25, 0.3) is 22.4 Å². The molecule has 0 spiro atoms. The third kappa shape index (κ3) is 5.01. The van der Waals surface area contributed by atoms with E-state index in [1.807, 2.05) is 43.3 Å². The molecule has 4 rings (SSSR count). The molecule has 33 heavy (non-hydrogen) atoms. The molecule has 0 N–H and O–H groups in total. The normalized spacial score (nSPS) is 19.8. The van der Waals surface area contributed by atoms with Gasteiger partial charge >= 0.3 is 0 Å². The van der Waals surface area contributed by atoms with Crippen LogP contribution in [0.5, 0.6) is 0 Å². The highest BCUT2D eigenvalue weighted by Gasteiger charge is 2.34. The van der Waals surface area contributed by atoms with Gasteiger partial charge in [-0.25, -0.2) is 4.57 Å².